The van der Waals surface area contributed by atoms with E-state index in [2.05, 4.69) is 12.9 Å². The van der Waals surface area contributed by atoms with Gasteiger partial charge in [0, 0.05) is 6.29 Å². The number of carbonyl (C=O) groups is 1. The predicted octanol–water partition coefficient (Wildman–Crippen LogP) is 1.79. The highest BCUT2D eigenvalue weighted by molar-refractivity contribution is 7.36. The lowest BCUT2D eigenvalue weighted by Gasteiger charge is -2.21. The molecule has 0 rings (SSSR count). The number of nitrogens with zero attached hydrogens (tertiary/aromatic N) is 1. The molecule has 0 amide bonds. The zero-order valence-electron chi connectivity index (χ0n) is 8.00. The van der Waals surface area contributed by atoms with E-state index in [9.17, 15) is 4.79 Å². The number of likely N-dealkylation sites (N-methyl/N-ethyl adjacent to an activating group) is 1. The molecule has 0 saturated heterocycles. The van der Waals surface area contributed by atoms with Gasteiger partial charge < -0.3 is 0 Å². The fourth-order valence-corrected chi connectivity index (χ4v) is 1.40. The van der Waals surface area contributed by atoms with Gasteiger partial charge in [-0.3, -0.25) is 9.69 Å². The smallest absolute Gasteiger partial charge is 0.174 e. The highest BCUT2D eigenvalue weighted by Gasteiger charge is 2.16. The lowest BCUT2D eigenvalue weighted by molar-refractivity contribution is -0.119. The zero-order chi connectivity index (χ0) is 9.72. The van der Waals surface area contributed by atoms with Crippen molar-refractivity contribution in [2.45, 2.75) is 19.9 Å². The Morgan fingerprint density at radius 3 is 2.50 bits per heavy atom. The van der Waals surface area contributed by atoms with Gasteiger partial charge in [0.1, 0.15) is 0 Å². The van der Waals surface area contributed by atoms with Crippen LogP contribution < -0.4 is 0 Å². The van der Waals surface area contributed by atoms with Crippen LogP contribution in [0.3, 0.4) is 0 Å². The van der Waals surface area contributed by atoms with Crippen LogP contribution in [0.2, 0.25) is 0 Å². The van der Waals surface area contributed by atoms with Gasteiger partial charge in [0.15, 0.2) is 5.78 Å². The Hall–Kier alpha value is -0.460. The highest BCUT2D eigenvalue weighted by atomic mass is 31.1. The van der Waals surface area contributed by atoms with Crippen molar-refractivity contribution in [3.8, 4) is 0 Å². The van der Waals surface area contributed by atoms with Gasteiger partial charge in [0.05, 0.1) is 6.04 Å². The summed E-state index contributed by atoms with van der Waals surface area (Å²) < 4.78 is 0. The molecule has 0 aromatic rings. The van der Waals surface area contributed by atoms with Crippen molar-refractivity contribution in [2.75, 3.05) is 13.3 Å². The van der Waals surface area contributed by atoms with E-state index in [1.165, 1.54) is 0 Å². The molecule has 1 unspecified atom stereocenters. The van der Waals surface area contributed by atoms with Crippen LogP contribution in [0, 0.1) is 0 Å². The van der Waals surface area contributed by atoms with Crippen LogP contribution in [0.4, 0.5) is 0 Å². The van der Waals surface area contributed by atoms with Gasteiger partial charge in [-0.05, 0) is 26.5 Å². The number of carbonyl (C=O) groups excluding carboxylic acids is 1. The van der Waals surface area contributed by atoms with Crippen molar-refractivity contribution in [3.05, 3.63) is 12.2 Å². The van der Waals surface area contributed by atoms with E-state index in [-0.39, 0.29) is 11.8 Å². The third-order valence-electron chi connectivity index (χ3n) is 1.78. The molecule has 0 aliphatic heterocycles. The second-order valence-corrected chi connectivity index (χ2v) is 3.67. The molecule has 1 atom stereocenters. The molecule has 0 N–H and O–H groups in total. The lowest BCUT2D eigenvalue weighted by Crippen LogP contribution is -2.35. The van der Waals surface area contributed by atoms with Crippen LogP contribution in [-0.2, 0) is 4.79 Å². The van der Waals surface area contributed by atoms with E-state index in [1.54, 1.807) is 6.92 Å². The maximum Gasteiger partial charge on any atom is 0.174 e. The van der Waals surface area contributed by atoms with Crippen molar-refractivity contribution in [2.24, 2.45) is 0 Å². The fraction of sp³-hybridized carbons (Fsp3) is 0.556. The number of hydrogen-bond donors (Lipinski definition) is 0. The van der Waals surface area contributed by atoms with Crippen LogP contribution in [0.25, 0.3) is 0 Å². The van der Waals surface area contributed by atoms with Gasteiger partial charge in [-0.2, -0.15) is 0 Å². The molecule has 2 nitrogen and oxygen atoms in total. The van der Waals surface area contributed by atoms with E-state index in [0.717, 1.165) is 14.5 Å². The maximum atomic E-state index is 11.4. The van der Waals surface area contributed by atoms with Gasteiger partial charge in [-0.25, -0.2) is 0 Å². The maximum absolute atomic E-state index is 11.4. The molecule has 0 heterocycles. The van der Waals surface area contributed by atoms with Crippen LogP contribution in [0.5, 0.6) is 0 Å². The van der Waals surface area contributed by atoms with E-state index >= 15 is 0 Å². The topological polar surface area (TPSA) is 20.3 Å². The van der Waals surface area contributed by atoms with E-state index < -0.39 is 0 Å². The third kappa shape index (κ3) is 3.29. The first-order valence-corrected chi connectivity index (χ1v) is 5.09. The summed E-state index contributed by atoms with van der Waals surface area (Å²) in [5.41, 5.74) is 0.620. The quantitative estimate of drug-likeness (QED) is 0.480. The van der Waals surface area contributed by atoms with Crippen molar-refractivity contribution >= 4 is 20.3 Å². The molecule has 3 heteroatoms. The van der Waals surface area contributed by atoms with Gasteiger partial charge in [0.2, 0.25) is 0 Å². The Labute approximate surface area is 76.1 Å². The van der Waals surface area contributed by atoms with Gasteiger partial charge in [-0.15, -0.1) is 0 Å². The predicted molar refractivity (Wildman–Crippen MR) is 56.0 cm³/mol. The molecular weight excluding hydrogens is 169 g/mol. The summed E-state index contributed by atoms with van der Waals surface area (Å²) in [6.45, 7) is 7.26. The first-order chi connectivity index (χ1) is 5.50. The van der Waals surface area contributed by atoms with Crippen molar-refractivity contribution < 1.29 is 4.79 Å². The normalized spacial score (nSPS) is 13.3. The minimum absolute atomic E-state index is 0.0725. The van der Waals surface area contributed by atoms with Crippen LogP contribution >= 0.6 is 8.20 Å². The van der Waals surface area contributed by atoms with Crippen molar-refractivity contribution in [1.29, 1.82) is 0 Å². The van der Waals surface area contributed by atoms with Crippen LogP contribution in [0.15, 0.2) is 12.2 Å². The number of hydrogen-bond acceptors (Lipinski definition) is 2. The molecule has 0 spiro atoms. The average Bonchev–Trinajstić information content (AvgIpc) is 2.02. The second-order valence-electron chi connectivity index (χ2n) is 2.94. The van der Waals surface area contributed by atoms with E-state index in [4.69, 9.17) is 0 Å². The first-order valence-electron chi connectivity index (χ1n) is 3.83. The molecule has 0 saturated carbocycles. The molecule has 0 aliphatic rings. The molecule has 0 fully saturated rings. The summed E-state index contributed by atoms with van der Waals surface area (Å²) in [6, 6.07) is -0.0725. The van der Waals surface area contributed by atoms with Crippen molar-refractivity contribution in [3.63, 3.8) is 0 Å². The number of ketones is 1. The molecule has 68 valence electrons. The largest absolute Gasteiger partial charge is 0.293 e. The van der Waals surface area contributed by atoms with Gasteiger partial charge >= 0.3 is 0 Å². The van der Waals surface area contributed by atoms with Gasteiger partial charge in [0.25, 0.3) is 0 Å². The molecule has 0 aromatic heterocycles. The molecule has 12 heavy (non-hydrogen) atoms. The summed E-state index contributed by atoms with van der Waals surface area (Å²) in [5.74, 6) is 0.112. The standard InChI is InChI=1S/C9H16NOP/c1-7(2)9(11)8(3)10(4)6-12-5/h8H,1,5-6H2,2-4H3. The average molecular weight is 185 g/mol. The van der Waals surface area contributed by atoms with E-state index in [0.29, 0.717) is 5.57 Å². The summed E-state index contributed by atoms with van der Waals surface area (Å²) in [6.07, 6.45) is 4.53. The highest BCUT2D eigenvalue weighted by Crippen LogP contribution is 2.06. The minimum atomic E-state index is -0.0725. The Kier molecular flexibility index (Phi) is 5.03. The Morgan fingerprint density at radius 1 is 1.67 bits per heavy atom. The summed E-state index contributed by atoms with van der Waals surface area (Å²) in [7, 11) is 2.96. The van der Waals surface area contributed by atoms with Gasteiger partial charge in [-0.1, -0.05) is 21.1 Å². The second kappa shape index (κ2) is 5.23. The SMILES string of the molecule is C=PCN(C)C(C)C(=O)C(=C)C. The summed E-state index contributed by atoms with van der Waals surface area (Å²) in [5, 5.41) is 0. The Morgan fingerprint density at radius 2 is 2.17 bits per heavy atom. The Balaban J connectivity index is 4.17. The zero-order valence-corrected chi connectivity index (χ0v) is 8.90. The number of rotatable bonds is 5. The third-order valence-corrected chi connectivity index (χ3v) is 2.43. The van der Waals surface area contributed by atoms with Crippen LogP contribution in [-0.4, -0.2) is 36.4 Å². The molecule has 0 aliphatic carbocycles. The number of Topliss-reactive ketones (excluding diaryl/α,β-unsaturated/α-hetero) is 1. The molecule has 0 bridgehead atoms. The fourth-order valence-electron chi connectivity index (χ4n) is 0.837. The Bertz CT molecular complexity index is 201. The first kappa shape index (κ1) is 11.5. The van der Waals surface area contributed by atoms with E-state index in [1.807, 2.05) is 18.9 Å². The monoisotopic (exact) mass is 185 g/mol. The molecule has 0 aromatic carbocycles. The molecule has 0 radical (unpaired) electrons. The summed E-state index contributed by atoms with van der Waals surface area (Å²) >= 11 is 0. The van der Waals surface area contributed by atoms with Crippen molar-refractivity contribution in [1.82, 2.24) is 4.90 Å². The lowest BCUT2D eigenvalue weighted by atomic mass is 10.1. The summed E-state index contributed by atoms with van der Waals surface area (Å²) in [4.78, 5) is 13.4. The molecular formula is C9H16NOP. The van der Waals surface area contributed by atoms with Crippen LogP contribution in [0.1, 0.15) is 13.8 Å². The minimum Gasteiger partial charge on any atom is -0.293 e.